The number of nitrogens with zero attached hydrogens (tertiary/aromatic N) is 2. The summed E-state index contributed by atoms with van der Waals surface area (Å²) in [5, 5.41) is 9.20. The van der Waals surface area contributed by atoms with Crippen LogP contribution in [0.15, 0.2) is 12.3 Å². The summed E-state index contributed by atoms with van der Waals surface area (Å²) in [5.74, 6) is 0.336. The monoisotopic (exact) mass is 233 g/mol. The number of hydrogen-bond acceptors (Lipinski definition) is 4. The first-order valence-corrected chi connectivity index (χ1v) is 5.90. The van der Waals surface area contributed by atoms with Gasteiger partial charge in [0.1, 0.15) is 11.4 Å². The fourth-order valence-electron chi connectivity index (χ4n) is 3.04. The fourth-order valence-corrected chi connectivity index (χ4v) is 3.04. The molecule has 1 saturated heterocycles. The Hall–Kier alpha value is -1.78. The van der Waals surface area contributed by atoms with Gasteiger partial charge in [-0.05, 0) is 31.2 Å². The molecule has 5 heteroatoms. The van der Waals surface area contributed by atoms with Crippen molar-refractivity contribution in [2.24, 2.45) is 5.92 Å². The number of carbonyl (C=O) groups is 1. The number of nitrogen functional groups attached to an aromatic ring is 1. The molecule has 5 nitrogen and oxygen atoms in total. The second kappa shape index (κ2) is 3.61. The van der Waals surface area contributed by atoms with E-state index in [0.29, 0.717) is 23.5 Å². The first-order chi connectivity index (χ1) is 8.15. The molecule has 1 aromatic rings. The lowest BCUT2D eigenvalue weighted by atomic mass is 10.1. The molecule has 90 valence electrons. The fraction of sp³-hybridized carbons (Fsp3) is 0.500. The van der Waals surface area contributed by atoms with Crippen molar-refractivity contribution in [3.05, 3.63) is 17.8 Å². The number of pyridine rings is 1. The molecule has 1 aliphatic carbocycles. The summed E-state index contributed by atoms with van der Waals surface area (Å²) in [6.45, 7) is 0.932. The second-order valence-corrected chi connectivity index (χ2v) is 4.93. The molecule has 2 unspecified atom stereocenters. The van der Waals surface area contributed by atoms with Crippen LogP contribution in [0.2, 0.25) is 0 Å². The van der Waals surface area contributed by atoms with E-state index >= 15 is 0 Å². The number of carboxylic acids is 1. The van der Waals surface area contributed by atoms with Gasteiger partial charge in [0.25, 0.3) is 0 Å². The third-order valence-corrected chi connectivity index (χ3v) is 3.80. The SMILES string of the molecule is Nc1cnc(N2CC3CCC2C3)c(C(=O)O)c1. The molecule has 2 aliphatic rings. The summed E-state index contributed by atoms with van der Waals surface area (Å²) in [4.78, 5) is 17.6. The molecular weight excluding hydrogens is 218 g/mol. The van der Waals surface area contributed by atoms with Crippen LogP contribution in [0.3, 0.4) is 0 Å². The van der Waals surface area contributed by atoms with Crippen molar-refractivity contribution in [3.8, 4) is 0 Å². The van der Waals surface area contributed by atoms with Gasteiger partial charge in [0.05, 0.1) is 11.9 Å². The van der Waals surface area contributed by atoms with Crippen LogP contribution in [0.4, 0.5) is 11.5 Å². The third kappa shape index (κ3) is 1.62. The van der Waals surface area contributed by atoms with Gasteiger partial charge in [0, 0.05) is 12.6 Å². The smallest absolute Gasteiger partial charge is 0.339 e. The van der Waals surface area contributed by atoms with Gasteiger partial charge in [-0.2, -0.15) is 0 Å². The number of hydrogen-bond donors (Lipinski definition) is 2. The van der Waals surface area contributed by atoms with Crippen molar-refractivity contribution < 1.29 is 9.90 Å². The highest BCUT2D eigenvalue weighted by molar-refractivity contribution is 5.94. The van der Waals surface area contributed by atoms with Gasteiger partial charge in [-0.1, -0.05) is 0 Å². The third-order valence-electron chi connectivity index (χ3n) is 3.80. The molecule has 2 heterocycles. The molecule has 3 rings (SSSR count). The van der Waals surface area contributed by atoms with E-state index in [1.165, 1.54) is 25.1 Å². The van der Waals surface area contributed by atoms with E-state index in [0.717, 1.165) is 13.0 Å². The van der Waals surface area contributed by atoms with Crippen LogP contribution in [0.1, 0.15) is 29.6 Å². The predicted molar refractivity (Wildman–Crippen MR) is 64.1 cm³/mol. The van der Waals surface area contributed by atoms with Crippen molar-refractivity contribution in [1.29, 1.82) is 0 Å². The summed E-state index contributed by atoms with van der Waals surface area (Å²) in [7, 11) is 0. The molecule has 1 aromatic heterocycles. The molecule has 2 fully saturated rings. The molecule has 1 aliphatic heterocycles. The molecule has 1 saturated carbocycles. The summed E-state index contributed by atoms with van der Waals surface area (Å²) in [6.07, 6.45) is 5.12. The topological polar surface area (TPSA) is 79.5 Å². The standard InChI is InChI=1S/C12H15N3O2/c13-8-4-10(12(16)17)11(14-5-8)15-6-7-1-2-9(15)3-7/h4-5,7,9H,1-3,6,13H2,(H,16,17). The second-order valence-electron chi connectivity index (χ2n) is 4.93. The highest BCUT2D eigenvalue weighted by atomic mass is 16.4. The molecular formula is C12H15N3O2. The van der Waals surface area contributed by atoms with Gasteiger partial charge in [-0.15, -0.1) is 0 Å². The number of rotatable bonds is 2. The minimum atomic E-state index is -0.956. The molecule has 0 amide bonds. The van der Waals surface area contributed by atoms with Crippen LogP contribution in [-0.4, -0.2) is 28.6 Å². The Bertz CT molecular complexity index is 475. The van der Waals surface area contributed by atoms with Crippen LogP contribution in [0.5, 0.6) is 0 Å². The number of carboxylic acid groups (broad SMARTS) is 1. The molecule has 0 spiro atoms. The van der Waals surface area contributed by atoms with Crippen LogP contribution < -0.4 is 10.6 Å². The molecule has 17 heavy (non-hydrogen) atoms. The van der Waals surface area contributed by atoms with Crippen molar-refractivity contribution in [1.82, 2.24) is 4.98 Å². The average molecular weight is 233 g/mol. The van der Waals surface area contributed by atoms with Crippen molar-refractivity contribution in [2.45, 2.75) is 25.3 Å². The van der Waals surface area contributed by atoms with Crippen LogP contribution in [0.25, 0.3) is 0 Å². The lowest BCUT2D eigenvalue weighted by Gasteiger charge is -2.29. The van der Waals surface area contributed by atoms with E-state index in [9.17, 15) is 9.90 Å². The molecule has 2 atom stereocenters. The Morgan fingerprint density at radius 1 is 1.53 bits per heavy atom. The minimum Gasteiger partial charge on any atom is -0.478 e. The predicted octanol–water partition coefficient (Wildman–Crippen LogP) is 1.35. The van der Waals surface area contributed by atoms with Crippen LogP contribution >= 0.6 is 0 Å². The summed E-state index contributed by atoms with van der Waals surface area (Å²) in [5.41, 5.74) is 6.21. The van der Waals surface area contributed by atoms with Crippen LogP contribution in [0, 0.1) is 5.92 Å². The maximum Gasteiger partial charge on any atom is 0.339 e. The first kappa shape index (κ1) is 10.4. The Kier molecular flexibility index (Phi) is 2.21. The minimum absolute atomic E-state index is 0.220. The zero-order valence-corrected chi connectivity index (χ0v) is 9.47. The quantitative estimate of drug-likeness (QED) is 0.806. The Morgan fingerprint density at radius 3 is 2.94 bits per heavy atom. The Labute approximate surface area is 99.2 Å². The Balaban J connectivity index is 2.00. The lowest BCUT2D eigenvalue weighted by molar-refractivity contribution is 0.0697. The number of fused-ring (bicyclic) bond motifs is 2. The first-order valence-electron chi connectivity index (χ1n) is 5.90. The summed E-state index contributed by atoms with van der Waals surface area (Å²) >= 11 is 0. The van der Waals surface area contributed by atoms with E-state index in [-0.39, 0.29) is 5.56 Å². The van der Waals surface area contributed by atoms with Crippen molar-refractivity contribution >= 4 is 17.5 Å². The van der Waals surface area contributed by atoms with Crippen molar-refractivity contribution in [2.75, 3.05) is 17.2 Å². The summed E-state index contributed by atoms with van der Waals surface area (Å²) in [6, 6.07) is 1.96. The highest BCUT2D eigenvalue weighted by Gasteiger charge is 2.39. The number of anilines is 2. The molecule has 0 aromatic carbocycles. The normalized spacial score (nSPS) is 26.5. The zero-order valence-electron chi connectivity index (χ0n) is 9.47. The largest absolute Gasteiger partial charge is 0.478 e. The van der Waals surface area contributed by atoms with E-state index in [4.69, 9.17) is 5.73 Å². The maximum absolute atomic E-state index is 11.2. The van der Waals surface area contributed by atoms with Gasteiger partial charge in [-0.3, -0.25) is 0 Å². The Morgan fingerprint density at radius 2 is 2.35 bits per heavy atom. The van der Waals surface area contributed by atoms with E-state index in [2.05, 4.69) is 9.88 Å². The van der Waals surface area contributed by atoms with Gasteiger partial charge in [0.2, 0.25) is 0 Å². The molecule has 3 N–H and O–H groups in total. The van der Waals surface area contributed by atoms with E-state index in [1.807, 2.05) is 0 Å². The van der Waals surface area contributed by atoms with Gasteiger partial charge >= 0.3 is 5.97 Å². The molecule has 0 radical (unpaired) electrons. The van der Waals surface area contributed by atoms with Gasteiger partial charge in [0.15, 0.2) is 0 Å². The van der Waals surface area contributed by atoms with Gasteiger partial charge < -0.3 is 15.7 Å². The zero-order chi connectivity index (χ0) is 12.0. The van der Waals surface area contributed by atoms with Gasteiger partial charge in [-0.25, -0.2) is 9.78 Å². The molecule has 2 bridgehead atoms. The average Bonchev–Trinajstić information content (AvgIpc) is 2.90. The summed E-state index contributed by atoms with van der Waals surface area (Å²) < 4.78 is 0. The number of piperidine rings is 1. The van der Waals surface area contributed by atoms with Crippen LogP contribution in [-0.2, 0) is 0 Å². The van der Waals surface area contributed by atoms with E-state index < -0.39 is 5.97 Å². The van der Waals surface area contributed by atoms with Crippen molar-refractivity contribution in [3.63, 3.8) is 0 Å². The number of aromatic nitrogens is 1. The maximum atomic E-state index is 11.2. The lowest BCUT2D eigenvalue weighted by Crippen LogP contribution is -2.33. The highest BCUT2D eigenvalue weighted by Crippen LogP contribution is 2.40. The van der Waals surface area contributed by atoms with E-state index in [1.54, 1.807) is 0 Å². The number of nitrogens with two attached hydrogens (primary N) is 1. The number of aromatic carboxylic acids is 1.